The van der Waals surface area contributed by atoms with Crippen molar-refractivity contribution in [3.8, 4) is 23.4 Å². The zero-order chi connectivity index (χ0) is 29.7. The van der Waals surface area contributed by atoms with Crippen LogP contribution >= 0.6 is 50.1 Å². The van der Waals surface area contributed by atoms with E-state index in [9.17, 15) is 10.1 Å². The van der Waals surface area contributed by atoms with Crippen LogP contribution in [0.4, 0.5) is 0 Å². The van der Waals surface area contributed by atoms with Crippen molar-refractivity contribution in [1.82, 2.24) is 9.99 Å². The summed E-state index contributed by atoms with van der Waals surface area (Å²) in [6, 6.07) is 13.1. The molecule has 1 aromatic heterocycles. The predicted molar refractivity (Wildman–Crippen MR) is 163 cm³/mol. The first kappa shape index (κ1) is 30.8. The second-order valence-electron chi connectivity index (χ2n) is 8.75. The lowest BCUT2D eigenvalue weighted by atomic mass is 10.1. The monoisotopic (exact) mass is 754 g/mol. The first-order valence-corrected chi connectivity index (χ1v) is 14.4. The van der Waals surface area contributed by atoms with Gasteiger partial charge in [0.05, 0.1) is 23.0 Å². The highest BCUT2D eigenvalue weighted by atomic mass is 127. The zero-order valence-electron chi connectivity index (χ0n) is 22.5. The number of methoxy groups -OCH3 is 2. The van der Waals surface area contributed by atoms with Crippen LogP contribution < -0.4 is 14.2 Å². The third kappa shape index (κ3) is 6.86. The van der Waals surface area contributed by atoms with Gasteiger partial charge in [0.1, 0.15) is 18.2 Å². The maximum absolute atomic E-state index is 12.5. The lowest BCUT2D eigenvalue weighted by Crippen LogP contribution is -2.25. The van der Waals surface area contributed by atoms with E-state index in [1.54, 1.807) is 19.1 Å². The van der Waals surface area contributed by atoms with Crippen LogP contribution in [0.5, 0.6) is 17.4 Å². The Kier molecular flexibility index (Phi) is 10.3. The molecule has 13 heteroatoms. The lowest BCUT2D eigenvalue weighted by Gasteiger charge is -2.21. The van der Waals surface area contributed by atoms with Gasteiger partial charge in [-0.25, -0.2) is 4.98 Å². The maximum atomic E-state index is 12.5. The first-order chi connectivity index (χ1) is 19.7. The van der Waals surface area contributed by atoms with Gasteiger partial charge in [-0.05, 0) is 63.6 Å². The molecule has 41 heavy (non-hydrogen) atoms. The molecule has 1 amide bonds. The number of amides is 1. The molecule has 3 aromatic rings. The van der Waals surface area contributed by atoms with Crippen molar-refractivity contribution in [2.45, 2.75) is 33.3 Å². The number of hydrogen-bond donors (Lipinski definition) is 0. The van der Waals surface area contributed by atoms with Crippen molar-refractivity contribution < 1.29 is 28.5 Å². The number of halogens is 3. The fraction of sp³-hybridized carbons (Fsp3) is 0.286. The Balaban J connectivity index is 1.55. The number of carbonyl (C=O) groups excluding carboxylic acids is 1. The van der Waals surface area contributed by atoms with Crippen LogP contribution in [-0.2, 0) is 27.5 Å². The van der Waals surface area contributed by atoms with Gasteiger partial charge in [0.2, 0.25) is 23.9 Å². The van der Waals surface area contributed by atoms with Crippen LogP contribution in [0.3, 0.4) is 0 Å². The minimum Gasteiger partial charge on any atom is -0.493 e. The summed E-state index contributed by atoms with van der Waals surface area (Å²) >= 11 is 11.9. The molecular weight excluding hydrogens is 731 g/mol. The first-order valence-electron chi connectivity index (χ1n) is 12.2. The van der Waals surface area contributed by atoms with Gasteiger partial charge >= 0.3 is 0 Å². The van der Waals surface area contributed by atoms with Gasteiger partial charge in [0.25, 0.3) is 0 Å². The normalized spacial score (nSPS) is 14.2. The van der Waals surface area contributed by atoms with E-state index in [4.69, 9.17) is 35.3 Å². The third-order valence-electron chi connectivity index (χ3n) is 5.98. The van der Waals surface area contributed by atoms with Crippen molar-refractivity contribution in [3.05, 3.63) is 77.4 Å². The summed E-state index contributed by atoms with van der Waals surface area (Å²) in [6.07, 6.45) is -0.870. The summed E-state index contributed by atoms with van der Waals surface area (Å²) in [5.41, 5.74) is 2.92. The number of aromatic nitrogens is 1. The highest BCUT2D eigenvalue weighted by Crippen LogP contribution is 2.39. The summed E-state index contributed by atoms with van der Waals surface area (Å²) in [4.78, 5) is 16.9. The molecule has 0 N–H and O–H groups in total. The molecule has 0 saturated heterocycles. The van der Waals surface area contributed by atoms with E-state index in [0.717, 1.165) is 9.13 Å². The van der Waals surface area contributed by atoms with Gasteiger partial charge in [-0.1, -0.05) is 29.8 Å². The van der Waals surface area contributed by atoms with Crippen LogP contribution in [-0.4, -0.2) is 42.6 Å². The van der Waals surface area contributed by atoms with E-state index in [0.29, 0.717) is 37.8 Å². The summed E-state index contributed by atoms with van der Waals surface area (Å²) < 4.78 is 30.2. The van der Waals surface area contributed by atoms with E-state index >= 15 is 0 Å². The summed E-state index contributed by atoms with van der Waals surface area (Å²) in [6.45, 7) is 3.44. The molecule has 0 bridgehead atoms. The molecule has 1 atom stereocenters. The highest BCUT2D eigenvalue weighted by molar-refractivity contribution is 14.1. The molecule has 0 saturated carbocycles. The summed E-state index contributed by atoms with van der Waals surface area (Å²) in [5, 5.41) is 15.9. The van der Waals surface area contributed by atoms with Crippen molar-refractivity contribution in [3.63, 3.8) is 0 Å². The number of nitrogens with zero attached hydrogens (tertiary/aromatic N) is 4. The van der Waals surface area contributed by atoms with Crippen LogP contribution in [0, 0.1) is 21.8 Å². The lowest BCUT2D eigenvalue weighted by molar-refractivity contribution is -0.135. The van der Waals surface area contributed by atoms with Gasteiger partial charge in [0.15, 0.2) is 18.1 Å². The van der Waals surface area contributed by atoms with Crippen molar-refractivity contribution in [1.29, 1.82) is 5.26 Å². The van der Waals surface area contributed by atoms with Crippen molar-refractivity contribution >= 4 is 61.9 Å². The molecule has 10 nitrogen and oxygen atoms in total. The van der Waals surface area contributed by atoms with Crippen LogP contribution in [0.25, 0.3) is 0 Å². The molecule has 2 heterocycles. The van der Waals surface area contributed by atoms with Crippen LogP contribution in [0.1, 0.15) is 41.1 Å². The van der Waals surface area contributed by atoms with Crippen molar-refractivity contribution in [2.24, 2.45) is 5.10 Å². The minimum atomic E-state index is -0.870. The smallest absolute Gasteiger partial charge is 0.247 e. The molecule has 0 unspecified atom stereocenters. The number of hydrazone groups is 1. The Morgan fingerprint density at radius 2 is 1.98 bits per heavy atom. The zero-order valence-corrected chi connectivity index (χ0v) is 27.0. The Morgan fingerprint density at radius 1 is 1.22 bits per heavy atom. The van der Waals surface area contributed by atoms with E-state index in [1.165, 1.54) is 26.2 Å². The number of ether oxygens (including phenoxy) is 5. The average molecular weight is 756 g/mol. The Morgan fingerprint density at radius 3 is 2.63 bits per heavy atom. The molecular formula is C28H25BrClIN4O6. The Labute approximate surface area is 264 Å². The number of benzene rings is 2. The van der Waals surface area contributed by atoms with E-state index in [1.807, 2.05) is 24.3 Å². The Bertz CT molecular complexity index is 1550. The molecule has 0 aliphatic carbocycles. The molecule has 1 aliphatic rings. The molecule has 2 aromatic carbocycles. The second kappa shape index (κ2) is 13.7. The van der Waals surface area contributed by atoms with Gasteiger partial charge in [-0.2, -0.15) is 10.3 Å². The largest absolute Gasteiger partial charge is 0.493 e. The number of pyridine rings is 1. The van der Waals surface area contributed by atoms with Gasteiger partial charge in [-0.15, -0.1) is 5.10 Å². The van der Waals surface area contributed by atoms with E-state index in [2.05, 4.69) is 54.7 Å². The summed E-state index contributed by atoms with van der Waals surface area (Å²) in [7, 11) is 3.07. The number of carbonyl (C=O) groups is 1. The fourth-order valence-electron chi connectivity index (χ4n) is 4.01. The summed E-state index contributed by atoms with van der Waals surface area (Å²) in [5.74, 6) is 0.893. The average Bonchev–Trinajstić information content (AvgIpc) is 3.39. The standard InChI is InChI=1S/C28H25BrClIN4O6/c1-15-25(29)20(13-37-3)19(11-32)27(33-15)40-14-24-34-35(16(2)36)28(41-24)18-9-22(31)26(23(10-18)38-4)39-12-17-7-5-6-8-21(17)30/h5-10,28H,12-14H2,1-4H3/t28-/m1/s1. The molecule has 0 radical (unpaired) electrons. The second-order valence-corrected chi connectivity index (χ2v) is 11.1. The molecule has 0 spiro atoms. The SMILES string of the molecule is COCc1c(Br)c(C)nc(OCC2=NN(C(C)=O)[C@@H](c3cc(I)c(OCc4ccccc4Cl)c(OC)c3)O2)c1C#N. The topological polar surface area (TPSA) is 116 Å². The number of hydrogen-bond acceptors (Lipinski definition) is 9. The van der Waals surface area contributed by atoms with Crippen LogP contribution in [0.2, 0.25) is 5.02 Å². The molecule has 0 fully saturated rings. The van der Waals surface area contributed by atoms with Crippen LogP contribution in [0.15, 0.2) is 46.0 Å². The fourth-order valence-corrected chi connectivity index (χ4v) is 5.39. The Hall–Kier alpha value is -3.12. The highest BCUT2D eigenvalue weighted by Gasteiger charge is 2.34. The van der Waals surface area contributed by atoms with E-state index < -0.39 is 6.23 Å². The number of aryl methyl sites for hydroxylation is 1. The van der Waals surface area contributed by atoms with Gasteiger partial charge in [-0.3, -0.25) is 4.79 Å². The predicted octanol–water partition coefficient (Wildman–Crippen LogP) is 6.29. The van der Waals surface area contributed by atoms with Crippen molar-refractivity contribution in [2.75, 3.05) is 20.8 Å². The van der Waals surface area contributed by atoms with Gasteiger partial charge in [0, 0.05) is 40.2 Å². The molecule has 4 rings (SSSR count). The minimum absolute atomic E-state index is 0.112. The third-order valence-corrected chi connectivity index (χ3v) is 8.20. The van der Waals surface area contributed by atoms with Gasteiger partial charge < -0.3 is 23.7 Å². The quantitative estimate of drug-likeness (QED) is 0.222. The van der Waals surface area contributed by atoms with E-state index in [-0.39, 0.29) is 43.1 Å². The maximum Gasteiger partial charge on any atom is 0.247 e. The molecule has 214 valence electrons. The number of nitriles is 1. The number of rotatable bonds is 10. The molecule has 1 aliphatic heterocycles.